The number of nitrogens with two attached hydrogens (primary N) is 1. The van der Waals surface area contributed by atoms with Crippen LogP contribution in [-0.4, -0.2) is 6.61 Å². The smallest absolute Gasteiger partial charge is 0.125 e. The van der Waals surface area contributed by atoms with Crippen LogP contribution in [0.2, 0.25) is 5.02 Å². The van der Waals surface area contributed by atoms with Crippen molar-refractivity contribution in [1.82, 2.24) is 0 Å². The second kappa shape index (κ2) is 5.76. The van der Waals surface area contributed by atoms with E-state index < -0.39 is 0 Å². The number of hydrogen-bond donors (Lipinski definition) is 1. The summed E-state index contributed by atoms with van der Waals surface area (Å²) in [7, 11) is 0. The van der Waals surface area contributed by atoms with Gasteiger partial charge in [-0.15, -0.1) is 0 Å². The van der Waals surface area contributed by atoms with Gasteiger partial charge in [0.1, 0.15) is 5.75 Å². The van der Waals surface area contributed by atoms with Crippen LogP contribution in [0.25, 0.3) is 0 Å². The van der Waals surface area contributed by atoms with Crippen molar-refractivity contribution in [2.75, 3.05) is 6.61 Å². The van der Waals surface area contributed by atoms with Crippen molar-refractivity contribution >= 4 is 27.5 Å². The van der Waals surface area contributed by atoms with E-state index in [4.69, 9.17) is 22.1 Å². The van der Waals surface area contributed by atoms with Crippen molar-refractivity contribution in [3.63, 3.8) is 0 Å². The summed E-state index contributed by atoms with van der Waals surface area (Å²) in [6.07, 6.45) is 1.70. The van der Waals surface area contributed by atoms with Crippen LogP contribution >= 0.6 is 27.5 Å². The SMILES string of the molecule is NC(Cc1cc(Br)cc2c1OCC2)c1cccc(Cl)c1. The molecule has 2 aromatic carbocycles. The van der Waals surface area contributed by atoms with Crippen LogP contribution in [-0.2, 0) is 12.8 Å². The fourth-order valence-electron chi connectivity index (χ4n) is 2.59. The molecule has 1 atom stereocenters. The molecule has 1 aliphatic heterocycles. The van der Waals surface area contributed by atoms with Crippen LogP contribution in [0.4, 0.5) is 0 Å². The van der Waals surface area contributed by atoms with Crippen LogP contribution in [0, 0.1) is 0 Å². The van der Waals surface area contributed by atoms with Gasteiger partial charge < -0.3 is 10.5 Å². The minimum atomic E-state index is -0.0868. The van der Waals surface area contributed by atoms with E-state index in [0.717, 1.165) is 40.8 Å². The Morgan fingerprint density at radius 1 is 1.30 bits per heavy atom. The monoisotopic (exact) mass is 351 g/mol. The lowest BCUT2D eigenvalue weighted by Gasteiger charge is -2.15. The summed E-state index contributed by atoms with van der Waals surface area (Å²) in [5.41, 5.74) is 9.77. The molecule has 0 radical (unpaired) electrons. The first-order valence-electron chi connectivity index (χ1n) is 6.58. The fourth-order valence-corrected chi connectivity index (χ4v) is 3.34. The molecule has 1 unspecified atom stereocenters. The molecule has 104 valence electrons. The highest BCUT2D eigenvalue weighted by Gasteiger charge is 2.19. The summed E-state index contributed by atoms with van der Waals surface area (Å²) in [6, 6.07) is 11.8. The zero-order valence-corrected chi connectivity index (χ0v) is 13.2. The average molecular weight is 353 g/mol. The molecular formula is C16H15BrClNO. The zero-order chi connectivity index (χ0) is 14.1. The van der Waals surface area contributed by atoms with E-state index in [-0.39, 0.29) is 6.04 Å². The molecule has 3 rings (SSSR count). The van der Waals surface area contributed by atoms with Crippen LogP contribution in [0.15, 0.2) is 40.9 Å². The highest BCUT2D eigenvalue weighted by atomic mass is 79.9. The maximum absolute atomic E-state index is 6.31. The molecule has 0 aromatic heterocycles. The first-order chi connectivity index (χ1) is 9.63. The highest BCUT2D eigenvalue weighted by molar-refractivity contribution is 9.10. The minimum absolute atomic E-state index is 0.0868. The van der Waals surface area contributed by atoms with Crippen LogP contribution in [0.1, 0.15) is 22.7 Å². The Bertz CT molecular complexity index is 644. The van der Waals surface area contributed by atoms with E-state index in [0.29, 0.717) is 5.02 Å². The van der Waals surface area contributed by atoms with Crippen LogP contribution < -0.4 is 10.5 Å². The molecule has 0 bridgehead atoms. The highest BCUT2D eigenvalue weighted by Crippen LogP contribution is 2.35. The zero-order valence-electron chi connectivity index (χ0n) is 10.9. The third kappa shape index (κ3) is 2.85. The number of ether oxygens (including phenoxy) is 1. The van der Waals surface area contributed by atoms with Crippen LogP contribution in [0.3, 0.4) is 0 Å². The summed E-state index contributed by atoms with van der Waals surface area (Å²) in [4.78, 5) is 0. The Hall–Kier alpha value is -1.03. The van der Waals surface area contributed by atoms with Gasteiger partial charge in [0.2, 0.25) is 0 Å². The van der Waals surface area contributed by atoms with E-state index in [1.54, 1.807) is 0 Å². The van der Waals surface area contributed by atoms with Crippen molar-refractivity contribution < 1.29 is 4.74 Å². The van der Waals surface area contributed by atoms with Gasteiger partial charge in [-0.2, -0.15) is 0 Å². The Balaban J connectivity index is 1.88. The maximum Gasteiger partial charge on any atom is 0.125 e. The molecule has 0 amide bonds. The average Bonchev–Trinajstić information content (AvgIpc) is 2.86. The predicted octanol–water partition coefficient (Wildman–Crippen LogP) is 4.28. The van der Waals surface area contributed by atoms with Crippen molar-refractivity contribution in [2.45, 2.75) is 18.9 Å². The van der Waals surface area contributed by atoms with Crippen molar-refractivity contribution in [3.05, 3.63) is 62.6 Å². The van der Waals surface area contributed by atoms with E-state index in [9.17, 15) is 0 Å². The third-order valence-electron chi connectivity index (χ3n) is 3.54. The second-order valence-electron chi connectivity index (χ2n) is 5.02. The number of halogens is 2. The van der Waals surface area contributed by atoms with Gasteiger partial charge in [0.25, 0.3) is 0 Å². The number of rotatable bonds is 3. The maximum atomic E-state index is 6.31. The number of fused-ring (bicyclic) bond motifs is 1. The molecule has 2 aromatic rings. The summed E-state index contributed by atoms with van der Waals surface area (Å²) < 4.78 is 6.82. The molecule has 1 heterocycles. The Kier molecular flexibility index (Phi) is 4.01. The molecule has 1 aliphatic rings. The number of benzene rings is 2. The first-order valence-corrected chi connectivity index (χ1v) is 7.76. The first kappa shape index (κ1) is 13.9. The molecule has 4 heteroatoms. The van der Waals surface area contributed by atoms with Crippen molar-refractivity contribution in [3.8, 4) is 5.75 Å². The Morgan fingerprint density at radius 3 is 2.95 bits per heavy atom. The standard InChI is InChI=1S/C16H15BrClNO/c17-13-6-11-4-5-20-16(11)12(7-13)9-15(19)10-2-1-3-14(18)8-10/h1-3,6-8,15H,4-5,9,19H2. The largest absolute Gasteiger partial charge is 0.493 e. The molecule has 0 fully saturated rings. The summed E-state index contributed by atoms with van der Waals surface area (Å²) in [6.45, 7) is 0.755. The lowest BCUT2D eigenvalue weighted by atomic mass is 9.97. The topological polar surface area (TPSA) is 35.2 Å². The lowest BCUT2D eigenvalue weighted by Crippen LogP contribution is -2.13. The molecule has 0 aliphatic carbocycles. The molecule has 2 nitrogen and oxygen atoms in total. The summed E-state index contributed by atoms with van der Waals surface area (Å²) in [5, 5.41) is 0.716. The van der Waals surface area contributed by atoms with Crippen molar-refractivity contribution in [2.24, 2.45) is 5.73 Å². The van der Waals surface area contributed by atoms with Gasteiger partial charge in [-0.1, -0.05) is 39.7 Å². The van der Waals surface area contributed by atoms with E-state index in [2.05, 4.69) is 28.1 Å². The van der Waals surface area contributed by atoms with Gasteiger partial charge in [-0.25, -0.2) is 0 Å². The van der Waals surface area contributed by atoms with Gasteiger partial charge in [0, 0.05) is 22.0 Å². The molecular weight excluding hydrogens is 338 g/mol. The molecule has 0 saturated heterocycles. The van der Waals surface area contributed by atoms with Gasteiger partial charge >= 0.3 is 0 Å². The van der Waals surface area contributed by atoms with Gasteiger partial charge in [0.15, 0.2) is 0 Å². The normalized spacial score (nSPS) is 14.8. The van der Waals surface area contributed by atoms with Gasteiger partial charge in [-0.3, -0.25) is 0 Å². The minimum Gasteiger partial charge on any atom is -0.493 e. The molecule has 2 N–H and O–H groups in total. The predicted molar refractivity (Wildman–Crippen MR) is 85.4 cm³/mol. The van der Waals surface area contributed by atoms with Gasteiger partial charge in [-0.05, 0) is 47.4 Å². The van der Waals surface area contributed by atoms with E-state index in [1.807, 2.05) is 24.3 Å². The summed E-state index contributed by atoms with van der Waals surface area (Å²) >= 11 is 9.58. The Morgan fingerprint density at radius 2 is 2.15 bits per heavy atom. The lowest BCUT2D eigenvalue weighted by molar-refractivity contribution is 0.352. The van der Waals surface area contributed by atoms with Crippen LogP contribution in [0.5, 0.6) is 5.75 Å². The van der Waals surface area contributed by atoms with E-state index in [1.165, 1.54) is 5.56 Å². The van der Waals surface area contributed by atoms with Crippen molar-refractivity contribution in [1.29, 1.82) is 0 Å². The quantitative estimate of drug-likeness (QED) is 0.895. The van der Waals surface area contributed by atoms with E-state index >= 15 is 0 Å². The number of hydrogen-bond acceptors (Lipinski definition) is 2. The molecule has 20 heavy (non-hydrogen) atoms. The fraction of sp³-hybridized carbons (Fsp3) is 0.250. The molecule has 0 spiro atoms. The Labute approximate surface area is 132 Å². The second-order valence-corrected chi connectivity index (χ2v) is 6.37. The summed E-state index contributed by atoms with van der Waals surface area (Å²) in [5.74, 6) is 1.01. The van der Waals surface area contributed by atoms with Gasteiger partial charge in [0.05, 0.1) is 6.61 Å². The molecule has 0 saturated carbocycles. The third-order valence-corrected chi connectivity index (χ3v) is 4.23.